The molecule has 0 unspecified atom stereocenters. The van der Waals surface area contributed by atoms with Gasteiger partial charge < -0.3 is 28.3 Å². The zero-order chi connectivity index (χ0) is 21.1. The van der Waals surface area contributed by atoms with E-state index in [1.807, 2.05) is 23.8 Å². The topological polar surface area (TPSA) is 64.0 Å². The Hall–Kier alpha value is -2.87. The lowest BCUT2D eigenvalue weighted by Crippen LogP contribution is -2.14. The third-order valence-corrected chi connectivity index (χ3v) is 5.99. The Kier molecular flexibility index (Phi) is 6.03. The van der Waals surface area contributed by atoms with Crippen molar-refractivity contribution in [2.75, 3.05) is 34.5 Å². The monoisotopic (exact) mass is 430 g/mol. The van der Waals surface area contributed by atoms with Crippen LogP contribution >= 0.6 is 11.3 Å². The van der Waals surface area contributed by atoms with Crippen molar-refractivity contribution in [3.05, 3.63) is 23.8 Å². The second-order valence-electron chi connectivity index (χ2n) is 6.86. The number of ether oxygens (including phenoxy) is 5. The van der Waals surface area contributed by atoms with Crippen LogP contribution in [0.1, 0.15) is 19.8 Å². The Labute approximate surface area is 180 Å². The molecule has 0 saturated heterocycles. The van der Waals surface area contributed by atoms with Gasteiger partial charge in [0.15, 0.2) is 23.0 Å². The number of imidazole rings is 1. The normalized spacial score (nSPS) is 12.7. The van der Waals surface area contributed by atoms with E-state index in [2.05, 4.69) is 11.5 Å². The van der Waals surface area contributed by atoms with E-state index in [0.29, 0.717) is 30.5 Å². The summed E-state index contributed by atoms with van der Waals surface area (Å²) in [4.78, 5) is 5.79. The molecule has 4 rings (SSSR count). The van der Waals surface area contributed by atoms with E-state index in [0.717, 1.165) is 52.7 Å². The van der Waals surface area contributed by atoms with Crippen LogP contribution in [0.25, 0.3) is 21.8 Å². The summed E-state index contributed by atoms with van der Waals surface area (Å²) in [6.45, 7) is 4.16. The zero-order valence-electron chi connectivity index (χ0n) is 17.7. The number of rotatable bonds is 8. The minimum absolute atomic E-state index is 0.541. The van der Waals surface area contributed by atoms with E-state index >= 15 is 0 Å². The lowest BCUT2D eigenvalue weighted by Gasteiger charge is -2.18. The van der Waals surface area contributed by atoms with Crippen molar-refractivity contribution in [1.82, 2.24) is 9.55 Å². The summed E-state index contributed by atoms with van der Waals surface area (Å²) in [6.07, 6.45) is 4.04. The quantitative estimate of drug-likeness (QED) is 0.508. The molecule has 7 nitrogen and oxygen atoms in total. The average Bonchev–Trinajstić information content (AvgIpc) is 3.40. The Morgan fingerprint density at radius 2 is 1.80 bits per heavy atom. The van der Waals surface area contributed by atoms with Gasteiger partial charge in [0.25, 0.3) is 0 Å². The number of aryl methyl sites for hydroxylation is 1. The lowest BCUT2D eigenvalue weighted by atomic mass is 10.1. The molecule has 0 amide bonds. The molecule has 160 valence electrons. The van der Waals surface area contributed by atoms with Gasteiger partial charge in [0.1, 0.15) is 13.2 Å². The fourth-order valence-corrected chi connectivity index (χ4v) is 4.57. The molecular weight excluding hydrogens is 404 g/mol. The Bertz CT molecular complexity index is 1000. The largest absolute Gasteiger partial charge is 0.493 e. The number of benzene rings is 1. The minimum Gasteiger partial charge on any atom is -0.493 e. The molecule has 0 radical (unpaired) electrons. The number of thiophene rings is 1. The van der Waals surface area contributed by atoms with Crippen LogP contribution in [0.15, 0.2) is 23.8 Å². The first kappa shape index (κ1) is 20.4. The molecule has 30 heavy (non-hydrogen) atoms. The predicted octanol–water partition coefficient (Wildman–Crippen LogP) is 4.88. The summed E-state index contributed by atoms with van der Waals surface area (Å²) >= 11 is 1.61. The first-order valence-electron chi connectivity index (χ1n) is 9.94. The Morgan fingerprint density at radius 3 is 2.47 bits per heavy atom. The van der Waals surface area contributed by atoms with Crippen molar-refractivity contribution in [2.45, 2.75) is 26.3 Å². The van der Waals surface area contributed by atoms with Crippen LogP contribution in [0.4, 0.5) is 0 Å². The first-order valence-corrected chi connectivity index (χ1v) is 10.8. The van der Waals surface area contributed by atoms with Gasteiger partial charge in [-0.25, -0.2) is 4.98 Å². The Balaban J connectivity index is 1.89. The van der Waals surface area contributed by atoms with Gasteiger partial charge >= 0.3 is 0 Å². The van der Waals surface area contributed by atoms with Gasteiger partial charge in [-0.05, 0) is 18.6 Å². The number of unbranched alkanes of at least 4 members (excludes halogenated alkanes) is 1. The van der Waals surface area contributed by atoms with Gasteiger partial charge in [-0.2, -0.15) is 0 Å². The third kappa shape index (κ3) is 3.56. The molecule has 0 saturated carbocycles. The van der Waals surface area contributed by atoms with Gasteiger partial charge in [0.2, 0.25) is 5.75 Å². The number of fused-ring (bicyclic) bond motifs is 1. The summed E-state index contributed by atoms with van der Waals surface area (Å²) < 4.78 is 30.5. The molecule has 0 aliphatic carbocycles. The van der Waals surface area contributed by atoms with Crippen molar-refractivity contribution >= 4 is 11.3 Å². The lowest BCUT2D eigenvalue weighted by molar-refractivity contribution is 0.174. The zero-order valence-corrected chi connectivity index (χ0v) is 18.5. The maximum absolute atomic E-state index is 5.97. The van der Waals surface area contributed by atoms with E-state index in [1.54, 1.807) is 32.7 Å². The predicted molar refractivity (Wildman–Crippen MR) is 117 cm³/mol. The third-order valence-electron chi connectivity index (χ3n) is 5.04. The van der Waals surface area contributed by atoms with Gasteiger partial charge in [-0.15, -0.1) is 11.3 Å². The summed E-state index contributed by atoms with van der Waals surface area (Å²) in [6, 6.07) is 3.85. The highest BCUT2D eigenvalue weighted by molar-refractivity contribution is 7.14. The smallest absolute Gasteiger partial charge is 0.203 e. The molecule has 8 heteroatoms. The van der Waals surface area contributed by atoms with Crippen molar-refractivity contribution in [3.63, 3.8) is 0 Å². The molecule has 0 N–H and O–H groups in total. The van der Waals surface area contributed by atoms with Crippen LogP contribution < -0.4 is 23.7 Å². The van der Waals surface area contributed by atoms with Gasteiger partial charge in [-0.3, -0.25) is 0 Å². The molecule has 0 bridgehead atoms. The molecule has 2 aromatic heterocycles. The number of aromatic nitrogens is 2. The number of hydrogen-bond donors (Lipinski definition) is 0. The maximum Gasteiger partial charge on any atom is 0.203 e. The molecule has 1 aliphatic heterocycles. The van der Waals surface area contributed by atoms with E-state index in [4.69, 9.17) is 28.7 Å². The summed E-state index contributed by atoms with van der Waals surface area (Å²) in [5.74, 6) is 3.32. The average molecular weight is 431 g/mol. The molecule has 1 aromatic carbocycles. The highest BCUT2D eigenvalue weighted by Gasteiger charge is 2.26. The van der Waals surface area contributed by atoms with Crippen LogP contribution in [0, 0.1) is 0 Å². The molecule has 1 aliphatic rings. The van der Waals surface area contributed by atoms with E-state index in [9.17, 15) is 0 Å². The summed E-state index contributed by atoms with van der Waals surface area (Å²) in [5, 5.41) is 2.00. The second kappa shape index (κ2) is 8.87. The van der Waals surface area contributed by atoms with Crippen LogP contribution in [0.2, 0.25) is 0 Å². The number of methoxy groups -OCH3 is 3. The molecule has 3 aromatic rings. The van der Waals surface area contributed by atoms with Crippen LogP contribution in [-0.2, 0) is 6.54 Å². The summed E-state index contributed by atoms with van der Waals surface area (Å²) in [5.41, 5.74) is 2.73. The van der Waals surface area contributed by atoms with Crippen molar-refractivity contribution in [3.8, 4) is 50.6 Å². The SMILES string of the molecule is CCCCn1cnc(-c2cc(OC)c(OC)c(OC)c2)c1-c1scc2c1OCCO2. The van der Waals surface area contributed by atoms with Crippen molar-refractivity contribution in [1.29, 1.82) is 0 Å². The van der Waals surface area contributed by atoms with Crippen LogP contribution in [0.5, 0.6) is 28.7 Å². The maximum atomic E-state index is 5.97. The van der Waals surface area contributed by atoms with Gasteiger partial charge in [0.05, 0.1) is 43.9 Å². The van der Waals surface area contributed by atoms with Crippen molar-refractivity contribution < 1.29 is 23.7 Å². The first-order chi connectivity index (χ1) is 14.7. The highest BCUT2D eigenvalue weighted by atomic mass is 32.1. The van der Waals surface area contributed by atoms with Crippen LogP contribution in [0.3, 0.4) is 0 Å². The number of hydrogen-bond acceptors (Lipinski definition) is 7. The van der Waals surface area contributed by atoms with Gasteiger partial charge in [0, 0.05) is 17.5 Å². The standard InChI is InChI=1S/C22H26N2O5S/c1-5-6-7-24-13-23-18(14-10-15(25-2)20(27-4)16(11-14)26-3)19(24)22-21-17(12-30-22)28-8-9-29-21/h10-13H,5-9H2,1-4H3. The fourth-order valence-electron chi connectivity index (χ4n) is 3.57. The summed E-state index contributed by atoms with van der Waals surface area (Å²) in [7, 11) is 4.82. The van der Waals surface area contributed by atoms with E-state index in [-0.39, 0.29) is 0 Å². The van der Waals surface area contributed by atoms with Crippen LogP contribution in [-0.4, -0.2) is 44.1 Å². The second-order valence-corrected chi connectivity index (χ2v) is 7.74. The highest BCUT2D eigenvalue weighted by Crippen LogP contribution is 2.49. The Morgan fingerprint density at radius 1 is 1.07 bits per heavy atom. The van der Waals surface area contributed by atoms with E-state index in [1.165, 1.54) is 0 Å². The molecule has 0 atom stereocenters. The molecule has 0 fully saturated rings. The van der Waals surface area contributed by atoms with E-state index < -0.39 is 0 Å². The minimum atomic E-state index is 0.541. The number of nitrogens with zero attached hydrogens (tertiary/aromatic N) is 2. The molecule has 3 heterocycles. The van der Waals surface area contributed by atoms with Gasteiger partial charge in [-0.1, -0.05) is 13.3 Å². The molecule has 0 spiro atoms. The molecular formula is C22H26N2O5S. The van der Waals surface area contributed by atoms with Crippen molar-refractivity contribution in [2.24, 2.45) is 0 Å². The fraction of sp³-hybridized carbons (Fsp3) is 0.409.